The maximum Gasteiger partial charge on any atom is 0.240 e. The molecule has 5 nitrogen and oxygen atoms in total. The molecule has 0 radical (unpaired) electrons. The standard InChI is InChI=1S/C22H30N2O3S/c1-17-14-19(3)22(15-18(17)2)28(25,26)23-10-7-11-24-12-13-27-21(16-24)20-8-5-4-6-9-20/h4-6,8-9,14-15,21,23H,7,10-13,16H2,1-3H3/t21-/m0/s1. The highest BCUT2D eigenvalue weighted by atomic mass is 32.2. The van der Waals surface area contributed by atoms with Crippen molar-refractivity contribution in [1.82, 2.24) is 9.62 Å². The molecule has 0 aliphatic carbocycles. The van der Waals surface area contributed by atoms with E-state index in [0.717, 1.165) is 42.7 Å². The lowest BCUT2D eigenvalue weighted by atomic mass is 10.1. The van der Waals surface area contributed by atoms with Gasteiger partial charge in [-0.15, -0.1) is 0 Å². The Morgan fingerprint density at radius 3 is 2.54 bits per heavy atom. The van der Waals surface area contributed by atoms with Gasteiger partial charge < -0.3 is 4.74 Å². The molecule has 2 aromatic rings. The average molecular weight is 403 g/mol. The van der Waals surface area contributed by atoms with Crippen LogP contribution in [0.3, 0.4) is 0 Å². The number of morpholine rings is 1. The van der Waals surface area contributed by atoms with Gasteiger partial charge in [0.25, 0.3) is 0 Å². The predicted molar refractivity (Wildman–Crippen MR) is 112 cm³/mol. The molecular formula is C22H30N2O3S. The average Bonchev–Trinajstić information content (AvgIpc) is 2.69. The molecule has 1 N–H and O–H groups in total. The van der Waals surface area contributed by atoms with Crippen molar-refractivity contribution in [3.05, 3.63) is 64.7 Å². The minimum Gasteiger partial charge on any atom is -0.371 e. The normalized spacial score (nSPS) is 18.3. The maximum absolute atomic E-state index is 12.7. The zero-order valence-electron chi connectivity index (χ0n) is 16.9. The molecule has 6 heteroatoms. The molecule has 1 saturated heterocycles. The number of sulfonamides is 1. The van der Waals surface area contributed by atoms with Gasteiger partial charge in [0.1, 0.15) is 0 Å². The number of hydrogen-bond acceptors (Lipinski definition) is 4. The van der Waals surface area contributed by atoms with Gasteiger partial charge in [-0.25, -0.2) is 13.1 Å². The van der Waals surface area contributed by atoms with E-state index in [9.17, 15) is 8.42 Å². The molecule has 1 fully saturated rings. The Bertz CT molecular complexity index is 897. The van der Waals surface area contributed by atoms with E-state index < -0.39 is 10.0 Å². The molecule has 28 heavy (non-hydrogen) atoms. The van der Waals surface area contributed by atoms with Gasteiger partial charge in [-0.3, -0.25) is 4.90 Å². The van der Waals surface area contributed by atoms with Crippen LogP contribution in [0, 0.1) is 20.8 Å². The van der Waals surface area contributed by atoms with Crippen molar-refractivity contribution in [2.75, 3.05) is 32.8 Å². The fourth-order valence-corrected chi connectivity index (χ4v) is 4.97. The third-order valence-corrected chi connectivity index (χ3v) is 6.95. The largest absolute Gasteiger partial charge is 0.371 e. The van der Waals surface area contributed by atoms with Gasteiger partial charge >= 0.3 is 0 Å². The second kappa shape index (κ2) is 9.18. The molecule has 1 aliphatic rings. The molecule has 2 aromatic carbocycles. The second-order valence-corrected chi connectivity index (χ2v) is 9.26. The van der Waals surface area contributed by atoms with Crippen molar-refractivity contribution < 1.29 is 13.2 Å². The Morgan fingerprint density at radius 2 is 1.79 bits per heavy atom. The Labute approximate surface area is 168 Å². The van der Waals surface area contributed by atoms with Gasteiger partial charge in [0.15, 0.2) is 0 Å². The van der Waals surface area contributed by atoms with Crippen LogP contribution in [0.5, 0.6) is 0 Å². The molecule has 1 atom stereocenters. The van der Waals surface area contributed by atoms with E-state index >= 15 is 0 Å². The number of nitrogens with one attached hydrogen (secondary N) is 1. The van der Waals surface area contributed by atoms with Gasteiger partial charge in [0, 0.05) is 19.6 Å². The summed E-state index contributed by atoms with van der Waals surface area (Å²) in [5.74, 6) is 0. The topological polar surface area (TPSA) is 58.6 Å². The highest BCUT2D eigenvalue weighted by Gasteiger charge is 2.22. The van der Waals surface area contributed by atoms with Crippen LogP contribution in [0.4, 0.5) is 0 Å². The van der Waals surface area contributed by atoms with Crippen LogP contribution in [0.1, 0.15) is 34.8 Å². The van der Waals surface area contributed by atoms with E-state index in [-0.39, 0.29) is 6.10 Å². The first-order chi connectivity index (χ1) is 13.4. The third kappa shape index (κ3) is 5.20. The molecule has 0 aromatic heterocycles. The third-order valence-electron chi connectivity index (χ3n) is 5.35. The number of benzene rings is 2. The van der Waals surface area contributed by atoms with E-state index in [1.807, 2.05) is 45.0 Å². The fourth-order valence-electron chi connectivity index (χ4n) is 3.59. The summed E-state index contributed by atoms with van der Waals surface area (Å²) < 4.78 is 34.0. The monoisotopic (exact) mass is 402 g/mol. The molecule has 1 heterocycles. The minimum absolute atomic E-state index is 0.0878. The van der Waals surface area contributed by atoms with Crippen LogP contribution in [-0.4, -0.2) is 46.1 Å². The highest BCUT2D eigenvalue weighted by molar-refractivity contribution is 7.89. The molecular weight excluding hydrogens is 372 g/mol. The van der Waals surface area contributed by atoms with Gasteiger partial charge in [0.05, 0.1) is 17.6 Å². The van der Waals surface area contributed by atoms with E-state index in [1.54, 1.807) is 6.07 Å². The lowest BCUT2D eigenvalue weighted by Crippen LogP contribution is -2.39. The second-order valence-electron chi connectivity index (χ2n) is 7.52. The molecule has 0 bridgehead atoms. The summed E-state index contributed by atoms with van der Waals surface area (Å²) in [4.78, 5) is 2.72. The fraction of sp³-hybridized carbons (Fsp3) is 0.455. The number of rotatable bonds is 7. The van der Waals surface area contributed by atoms with Gasteiger partial charge in [-0.1, -0.05) is 36.4 Å². The predicted octanol–water partition coefficient (Wildman–Crippen LogP) is 3.35. The van der Waals surface area contributed by atoms with Crippen LogP contribution >= 0.6 is 0 Å². The minimum atomic E-state index is -3.48. The van der Waals surface area contributed by atoms with Crippen LogP contribution in [0.2, 0.25) is 0 Å². The summed E-state index contributed by atoms with van der Waals surface area (Å²) in [6, 6.07) is 13.9. The Hall–Kier alpha value is -1.73. The SMILES string of the molecule is Cc1cc(C)c(S(=O)(=O)NCCCN2CCO[C@H](c3ccccc3)C2)cc1C. The zero-order valence-corrected chi connectivity index (χ0v) is 17.8. The summed E-state index contributed by atoms with van der Waals surface area (Å²) in [6.07, 6.45) is 0.856. The van der Waals surface area contributed by atoms with E-state index in [2.05, 4.69) is 21.8 Å². The molecule has 0 amide bonds. The summed E-state index contributed by atoms with van der Waals surface area (Å²) in [5.41, 5.74) is 4.08. The number of hydrogen-bond donors (Lipinski definition) is 1. The van der Waals surface area contributed by atoms with Crippen LogP contribution in [0.25, 0.3) is 0 Å². The smallest absolute Gasteiger partial charge is 0.240 e. The lowest BCUT2D eigenvalue weighted by Gasteiger charge is -2.33. The molecule has 0 unspecified atom stereocenters. The molecule has 1 aliphatic heterocycles. The Morgan fingerprint density at radius 1 is 1.07 bits per heavy atom. The van der Waals surface area contributed by atoms with Gasteiger partial charge in [-0.2, -0.15) is 0 Å². The van der Waals surface area contributed by atoms with Crippen molar-refractivity contribution >= 4 is 10.0 Å². The summed E-state index contributed by atoms with van der Waals surface area (Å²) >= 11 is 0. The summed E-state index contributed by atoms with van der Waals surface area (Å²) in [7, 11) is -3.48. The Balaban J connectivity index is 1.51. The Kier molecular flexibility index (Phi) is 6.88. The van der Waals surface area contributed by atoms with Crippen LogP contribution < -0.4 is 4.72 Å². The lowest BCUT2D eigenvalue weighted by molar-refractivity contribution is -0.0300. The summed E-state index contributed by atoms with van der Waals surface area (Å²) in [5, 5.41) is 0. The molecule has 3 rings (SSSR count). The maximum atomic E-state index is 12.7. The molecule has 152 valence electrons. The highest BCUT2D eigenvalue weighted by Crippen LogP contribution is 2.22. The first-order valence-electron chi connectivity index (χ1n) is 9.83. The van der Waals surface area contributed by atoms with Crippen LogP contribution in [0.15, 0.2) is 47.4 Å². The van der Waals surface area contributed by atoms with Crippen LogP contribution in [-0.2, 0) is 14.8 Å². The number of nitrogens with zero attached hydrogens (tertiary/aromatic N) is 1. The van der Waals surface area contributed by atoms with E-state index in [0.29, 0.717) is 18.0 Å². The zero-order chi connectivity index (χ0) is 20.1. The number of aryl methyl sites for hydroxylation is 3. The first kappa shape index (κ1) is 21.0. The number of ether oxygens (including phenoxy) is 1. The van der Waals surface area contributed by atoms with Crippen molar-refractivity contribution in [1.29, 1.82) is 0 Å². The quantitative estimate of drug-likeness (QED) is 0.722. The van der Waals surface area contributed by atoms with Gasteiger partial charge in [0.2, 0.25) is 10.0 Å². The molecule has 0 spiro atoms. The first-order valence-corrected chi connectivity index (χ1v) is 11.3. The summed E-state index contributed by atoms with van der Waals surface area (Å²) in [6.45, 7) is 9.49. The van der Waals surface area contributed by atoms with Gasteiger partial charge in [-0.05, 0) is 62.1 Å². The van der Waals surface area contributed by atoms with Crippen molar-refractivity contribution in [2.24, 2.45) is 0 Å². The van der Waals surface area contributed by atoms with Crippen molar-refractivity contribution in [2.45, 2.75) is 38.2 Å². The van der Waals surface area contributed by atoms with Crippen molar-refractivity contribution in [3.63, 3.8) is 0 Å². The molecule has 0 saturated carbocycles. The van der Waals surface area contributed by atoms with E-state index in [1.165, 1.54) is 5.56 Å². The van der Waals surface area contributed by atoms with E-state index in [4.69, 9.17) is 4.74 Å². The van der Waals surface area contributed by atoms with Crippen molar-refractivity contribution in [3.8, 4) is 0 Å².